The van der Waals surface area contributed by atoms with Crippen molar-refractivity contribution in [2.24, 2.45) is 17.8 Å². The average molecular weight is 169 g/mol. The topological polar surface area (TPSA) is 23.5 Å². The van der Waals surface area contributed by atoms with Crippen molar-refractivity contribution in [2.45, 2.75) is 25.8 Å². The van der Waals surface area contributed by atoms with Gasteiger partial charge in [0.05, 0.1) is 6.61 Å². The lowest BCUT2D eigenvalue weighted by molar-refractivity contribution is 0.145. The van der Waals surface area contributed by atoms with Gasteiger partial charge in [0.15, 0.2) is 0 Å². The van der Waals surface area contributed by atoms with Crippen molar-refractivity contribution in [3.63, 3.8) is 0 Å². The van der Waals surface area contributed by atoms with E-state index in [1.807, 2.05) is 0 Å². The normalized spacial score (nSPS) is 43.8. The Hall–Kier alpha value is -0.0800. The highest BCUT2D eigenvalue weighted by Crippen LogP contribution is 2.46. The average Bonchev–Trinajstić information content (AvgIpc) is 2.78. The largest absolute Gasteiger partial charge is 0.395 e. The van der Waals surface area contributed by atoms with E-state index in [0.29, 0.717) is 12.6 Å². The van der Waals surface area contributed by atoms with Crippen molar-refractivity contribution in [1.82, 2.24) is 4.90 Å². The minimum Gasteiger partial charge on any atom is -0.395 e. The second kappa shape index (κ2) is 3.00. The van der Waals surface area contributed by atoms with Crippen LogP contribution in [-0.2, 0) is 0 Å². The summed E-state index contributed by atoms with van der Waals surface area (Å²) in [5, 5.41) is 9.26. The third kappa shape index (κ3) is 1.27. The van der Waals surface area contributed by atoms with Crippen LogP contribution in [0.5, 0.6) is 0 Å². The van der Waals surface area contributed by atoms with Gasteiger partial charge in [-0.1, -0.05) is 6.92 Å². The smallest absolute Gasteiger partial charge is 0.0589 e. The van der Waals surface area contributed by atoms with Gasteiger partial charge in [0.25, 0.3) is 0 Å². The summed E-state index contributed by atoms with van der Waals surface area (Å²) in [6, 6.07) is 0.451. The molecule has 1 saturated carbocycles. The van der Waals surface area contributed by atoms with E-state index < -0.39 is 0 Å². The molecule has 0 aromatic carbocycles. The Bertz CT molecular complexity index is 167. The predicted molar refractivity (Wildman–Crippen MR) is 48.9 cm³/mol. The van der Waals surface area contributed by atoms with E-state index in [1.165, 1.54) is 19.4 Å². The molecule has 12 heavy (non-hydrogen) atoms. The van der Waals surface area contributed by atoms with Gasteiger partial charge in [0, 0.05) is 12.6 Å². The number of hydrogen-bond acceptors (Lipinski definition) is 2. The van der Waals surface area contributed by atoms with E-state index in [4.69, 9.17) is 0 Å². The van der Waals surface area contributed by atoms with Crippen molar-refractivity contribution in [1.29, 1.82) is 0 Å². The summed E-state index contributed by atoms with van der Waals surface area (Å²) in [4.78, 5) is 2.33. The molecule has 70 valence electrons. The predicted octanol–water partition coefficient (Wildman–Crippen LogP) is 0.955. The van der Waals surface area contributed by atoms with Crippen molar-refractivity contribution in [3.05, 3.63) is 0 Å². The van der Waals surface area contributed by atoms with E-state index in [1.54, 1.807) is 0 Å². The van der Waals surface area contributed by atoms with Gasteiger partial charge in [-0.15, -0.1) is 0 Å². The van der Waals surface area contributed by atoms with Gasteiger partial charge in [-0.2, -0.15) is 0 Å². The highest BCUT2D eigenvalue weighted by atomic mass is 16.3. The Morgan fingerprint density at radius 2 is 2.08 bits per heavy atom. The summed E-state index contributed by atoms with van der Waals surface area (Å²) in [7, 11) is 2.14. The van der Waals surface area contributed by atoms with Crippen molar-refractivity contribution >= 4 is 0 Å². The van der Waals surface area contributed by atoms with Crippen molar-refractivity contribution in [3.8, 4) is 0 Å². The molecule has 0 aromatic heterocycles. The molecule has 0 amide bonds. The second-order valence-corrected chi connectivity index (χ2v) is 4.58. The molecule has 2 rings (SSSR count). The molecule has 0 unspecified atom stereocenters. The van der Waals surface area contributed by atoms with Crippen LogP contribution in [0.3, 0.4) is 0 Å². The maximum atomic E-state index is 9.26. The van der Waals surface area contributed by atoms with Gasteiger partial charge < -0.3 is 10.0 Å². The van der Waals surface area contributed by atoms with E-state index in [-0.39, 0.29) is 0 Å². The minimum atomic E-state index is 0.349. The molecule has 1 saturated heterocycles. The zero-order valence-electron chi connectivity index (χ0n) is 8.03. The summed E-state index contributed by atoms with van der Waals surface area (Å²) in [5.41, 5.74) is 0. The van der Waals surface area contributed by atoms with E-state index in [0.717, 1.165) is 17.8 Å². The lowest BCUT2D eigenvalue weighted by Gasteiger charge is -2.23. The molecule has 1 aliphatic heterocycles. The lowest BCUT2D eigenvalue weighted by Crippen LogP contribution is -2.33. The van der Waals surface area contributed by atoms with Gasteiger partial charge in [-0.05, 0) is 37.6 Å². The molecule has 2 heteroatoms. The maximum absolute atomic E-state index is 9.26. The zero-order valence-corrected chi connectivity index (χ0v) is 8.03. The first-order valence-electron chi connectivity index (χ1n) is 5.05. The fourth-order valence-corrected chi connectivity index (χ4v) is 2.91. The molecular formula is C10H19NO. The van der Waals surface area contributed by atoms with Gasteiger partial charge >= 0.3 is 0 Å². The molecule has 2 nitrogen and oxygen atoms in total. The summed E-state index contributed by atoms with van der Waals surface area (Å²) in [6.45, 7) is 3.85. The van der Waals surface area contributed by atoms with Gasteiger partial charge in [-0.3, -0.25) is 0 Å². The molecule has 0 bridgehead atoms. The number of likely N-dealkylation sites (N-methyl/N-ethyl adjacent to an activating group) is 1. The van der Waals surface area contributed by atoms with Gasteiger partial charge in [0.1, 0.15) is 0 Å². The highest BCUT2D eigenvalue weighted by Gasteiger charge is 2.45. The standard InChI is InChI=1S/C10H19NO/c1-7-5-11(2)9(6-12)10(7)8-3-4-8/h7-10,12H,3-6H2,1-2H3/t7-,9+,10-/m0/s1. The molecule has 0 aromatic rings. The molecule has 0 radical (unpaired) electrons. The highest BCUT2D eigenvalue weighted by molar-refractivity contribution is 4.97. The number of aliphatic hydroxyl groups is 1. The van der Waals surface area contributed by atoms with Crippen LogP contribution < -0.4 is 0 Å². The summed E-state index contributed by atoms with van der Waals surface area (Å²) in [6.07, 6.45) is 2.80. The Balaban J connectivity index is 2.06. The lowest BCUT2D eigenvalue weighted by atomic mass is 9.88. The molecule has 0 spiro atoms. The van der Waals surface area contributed by atoms with Crippen LogP contribution in [0.1, 0.15) is 19.8 Å². The summed E-state index contributed by atoms with van der Waals surface area (Å²) in [5.74, 6) is 2.50. The van der Waals surface area contributed by atoms with Crippen LogP contribution in [0.15, 0.2) is 0 Å². The first kappa shape index (κ1) is 8.52. The van der Waals surface area contributed by atoms with Gasteiger partial charge in [0.2, 0.25) is 0 Å². The fraction of sp³-hybridized carbons (Fsp3) is 1.00. The number of aliphatic hydroxyl groups excluding tert-OH is 1. The zero-order chi connectivity index (χ0) is 8.72. The number of likely N-dealkylation sites (tertiary alicyclic amines) is 1. The quantitative estimate of drug-likeness (QED) is 0.665. The summed E-state index contributed by atoms with van der Waals surface area (Å²) < 4.78 is 0. The first-order valence-corrected chi connectivity index (χ1v) is 5.05. The molecule has 2 fully saturated rings. The van der Waals surface area contributed by atoms with Crippen molar-refractivity contribution < 1.29 is 5.11 Å². The minimum absolute atomic E-state index is 0.349. The van der Waals surface area contributed by atoms with Crippen LogP contribution in [0.2, 0.25) is 0 Å². The molecule has 2 aliphatic rings. The van der Waals surface area contributed by atoms with Crippen LogP contribution in [0.25, 0.3) is 0 Å². The Labute approximate surface area is 74.6 Å². The number of nitrogens with zero attached hydrogens (tertiary/aromatic N) is 1. The number of rotatable bonds is 2. The van der Waals surface area contributed by atoms with Crippen LogP contribution in [-0.4, -0.2) is 36.2 Å². The molecule has 1 N–H and O–H groups in total. The Morgan fingerprint density at radius 3 is 2.58 bits per heavy atom. The van der Waals surface area contributed by atoms with E-state index >= 15 is 0 Å². The van der Waals surface area contributed by atoms with Crippen LogP contribution >= 0.6 is 0 Å². The monoisotopic (exact) mass is 169 g/mol. The molecule has 3 atom stereocenters. The maximum Gasteiger partial charge on any atom is 0.0589 e. The Morgan fingerprint density at radius 1 is 1.42 bits per heavy atom. The third-order valence-electron chi connectivity index (χ3n) is 3.60. The molecular weight excluding hydrogens is 150 g/mol. The SMILES string of the molecule is C[C@H]1CN(C)[C@H](CO)[C@@H]1C1CC1. The number of hydrogen-bond donors (Lipinski definition) is 1. The van der Waals surface area contributed by atoms with Gasteiger partial charge in [-0.25, -0.2) is 0 Å². The molecule has 1 heterocycles. The third-order valence-corrected chi connectivity index (χ3v) is 3.60. The Kier molecular flexibility index (Phi) is 2.13. The van der Waals surface area contributed by atoms with Crippen molar-refractivity contribution in [2.75, 3.05) is 20.2 Å². The van der Waals surface area contributed by atoms with Crippen LogP contribution in [0.4, 0.5) is 0 Å². The van der Waals surface area contributed by atoms with Crippen LogP contribution in [0, 0.1) is 17.8 Å². The molecule has 1 aliphatic carbocycles. The van der Waals surface area contributed by atoms with E-state index in [9.17, 15) is 5.11 Å². The first-order chi connectivity index (χ1) is 5.74. The van der Waals surface area contributed by atoms with E-state index in [2.05, 4.69) is 18.9 Å². The fourth-order valence-electron chi connectivity index (χ4n) is 2.91. The second-order valence-electron chi connectivity index (χ2n) is 4.58. The summed E-state index contributed by atoms with van der Waals surface area (Å²) >= 11 is 0.